The third-order valence-corrected chi connectivity index (χ3v) is 2.53. The number of hydrogen-bond acceptors (Lipinski definition) is 5. The van der Waals surface area contributed by atoms with Crippen LogP contribution in [0.1, 0.15) is 6.92 Å². The van der Waals surface area contributed by atoms with E-state index in [0.29, 0.717) is 42.6 Å². The Morgan fingerprint density at radius 1 is 1.33 bits per heavy atom. The minimum atomic E-state index is -0.0770. The molecule has 0 aromatic heterocycles. The van der Waals surface area contributed by atoms with Crippen LogP contribution in [0.25, 0.3) is 0 Å². The van der Waals surface area contributed by atoms with Gasteiger partial charge in [-0.3, -0.25) is 4.79 Å². The highest BCUT2D eigenvalue weighted by Crippen LogP contribution is 2.36. The molecule has 1 aromatic rings. The number of likely N-dealkylation sites (N-methyl/N-ethyl adjacent to an activating group) is 1. The van der Waals surface area contributed by atoms with Gasteiger partial charge in [-0.05, 0) is 6.92 Å². The highest BCUT2D eigenvalue weighted by molar-refractivity contribution is 5.83. The van der Waals surface area contributed by atoms with Crippen molar-refractivity contribution >= 4 is 17.3 Å². The van der Waals surface area contributed by atoms with E-state index in [1.807, 2.05) is 6.92 Å². The smallest absolute Gasteiger partial charge is 0.239 e. The summed E-state index contributed by atoms with van der Waals surface area (Å²) in [5.41, 5.74) is 7.08. The second-order valence-corrected chi connectivity index (χ2v) is 3.89. The molecule has 0 aliphatic carbocycles. The van der Waals surface area contributed by atoms with Gasteiger partial charge in [0.15, 0.2) is 11.5 Å². The molecule has 4 N–H and O–H groups in total. The quantitative estimate of drug-likeness (QED) is 0.682. The van der Waals surface area contributed by atoms with E-state index in [0.717, 1.165) is 0 Å². The molecule has 0 atom stereocenters. The van der Waals surface area contributed by atoms with Crippen molar-refractivity contribution in [2.24, 2.45) is 0 Å². The number of carbonyl (C=O) groups is 1. The third-order valence-electron chi connectivity index (χ3n) is 2.53. The molecule has 1 amide bonds. The molecule has 0 unspecified atom stereocenters. The lowest BCUT2D eigenvalue weighted by atomic mass is 10.2. The van der Waals surface area contributed by atoms with Crippen molar-refractivity contribution in [3.05, 3.63) is 12.1 Å². The predicted octanol–water partition coefficient (Wildman–Crippen LogP) is 0.588. The van der Waals surface area contributed by atoms with E-state index in [1.165, 1.54) is 0 Å². The second kappa shape index (κ2) is 5.48. The monoisotopic (exact) mass is 251 g/mol. The average molecular weight is 251 g/mol. The number of nitrogens with two attached hydrogens (primary N) is 1. The highest BCUT2D eigenvalue weighted by Gasteiger charge is 2.14. The molecule has 1 aliphatic rings. The van der Waals surface area contributed by atoms with Crippen LogP contribution in [-0.4, -0.2) is 32.2 Å². The second-order valence-electron chi connectivity index (χ2n) is 3.89. The van der Waals surface area contributed by atoms with Crippen LogP contribution < -0.4 is 25.8 Å². The summed E-state index contributed by atoms with van der Waals surface area (Å²) >= 11 is 0. The maximum Gasteiger partial charge on any atom is 0.239 e. The van der Waals surface area contributed by atoms with Gasteiger partial charge in [-0.1, -0.05) is 0 Å². The summed E-state index contributed by atoms with van der Waals surface area (Å²) in [6.07, 6.45) is 0. The SMILES string of the molecule is CCNC(=O)CNc1cc2c(cc1N)OCCO2. The summed E-state index contributed by atoms with van der Waals surface area (Å²) in [7, 11) is 0. The topological polar surface area (TPSA) is 85.6 Å². The minimum Gasteiger partial charge on any atom is -0.486 e. The molecule has 98 valence electrons. The minimum absolute atomic E-state index is 0.0770. The number of benzene rings is 1. The Morgan fingerprint density at radius 2 is 2.00 bits per heavy atom. The first-order valence-corrected chi connectivity index (χ1v) is 5.90. The number of anilines is 2. The normalized spacial score (nSPS) is 12.9. The van der Waals surface area contributed by atoms with Crippen LogP contribution in [0.5, 0.6) is 11.5 Å². The van der Waals surface area contributed by atoms with E-state index in [1.54, 1.807) is 12.1 Å². The summed E-state index contributed by atoms with van der Waals surface area (Å²) in [6.45, 7) is 3.70. The fourth-order valence-corrected chi connectivity index (χ4v) is 1.69. The van der Waals surface area contributed by atoms with Crippen molar-refractivity contribution < 1.29 is 14.3 Å². The number of nitrogen functional groups attached to an aromatic ring is 1. The number of hydrogen-bond donors (Lipinski definition) is 3. The van der Waals surface area contributed by atoms with Gasteiger partial charge < -0.3 is 25.8 Å². The van der Waals surface area contributed by atoms with Crippen molar-refractivity contribution in [3.63, 3.8) is 0 Å². The van der Waals surface area contributed by atoms with Gasteiger partial charge in [-0.2, -0.15) is 0 Å². The summed E-state index contributed by atoms with van der Waals surface area (Å²) in [5.74, 6) is 1.21. The van der Waals surface area contributed by atoms with Gasteiger partial charge in [0.2, 0.25) is 5.91 Å². The highest BCUT2D eigenvalue weighted by atomic mass is 16.6. The number of carbonyl (C=O) groups excluding carboxylic acids is 1. The summed E-state index contributed by atoms with van der Waals surface area (Å²) in [5, 5.41) is 5.67. The Morgan fingerprint density at radius 3 is 2.67 bits per heavy atom. The number of fused-ring (bicyclic) bond motifs is 1. The molecule has 1 heterocycles. The van der Waals surface area contributed by atoms with Crippen molar-refractivity contribution in [1.29, 1.82) is 0 Å². The summed E-state index contributed by atoms with van der Waals surface area (Å²) in [6, 6.07) is 3.46. The molecule has 0 saturated carbocycles. The van der Waals surface area contributed by atoms with Crippen molar-refractivity contribution in [2.75, 3.05) is 37.4 Å². The van der Waals surface area contributed by atoms with Crippen molar-refractivity contribution in [3.8, 4) is 11.5 Å². The first-order chi connectivity index (χ1) is 8.70. The lowest BCUT2D eigenvalue weighted by molar-refractivity contribution is -0.119. The Bertz CT molecular complexity index is 448. The first kappa shape index (κ1) is 12.3. The van der Waals surface area contributed by atoms with Crippen LogP contribution in [-0.2, 0) is 4.79 Å². The van der Waals surface area contributed by atoms with E-state index in [4.69, 9.17) is 15.2 Å². The maximum atomic E-state index is 11.3. The Labute approximate surface area is 105 Å². The fourth-order valence-electron chi connectivity index (χ4n) is 1.69. The summed E-state index contributed by atoms with van der Waals surface area (Å²) in [4.78, 5) is 11.3. The number of rotatable bonds is 4. The number of nitrogens with one attached hydrogen (secondary N) is 2. The third kappa shape index (κ3) is 2.77. The van der Waals surface area contributed by atoms with Crippen LogP contribution in [0.3, 0.4) is 0 Å². The maximum absolute atomic E-state index is 11.3. The van der Waals surface area contributed by atoms with Crippen molar-refractivity contribution in [2.45, 2.75) is 6.92 Å². The summed E-state index contributed by atoms with van der Waals surface area (Å²) < 4.78 is 10.9. The van der Waals surface area contributed by atoms with Gasteiger partial charge in [-0.15, -0.1) is 0 Å². The molecule has 6 heteroatoms. The lowest BCUT2D eigenvalue weighted by Crippen LogP contribution is -2.29. The lowest BCUT2D eigenvalue weighted by Gasteiger charge is -2.20. The van der Waals surface area contributed by atoms with Gasteiger partial charge >= 0.3 is 0 Å². The zero-order chi connectivity index (χ0) is 13.0. The molecular weight excluding hydrogens is 234 g/mol. The average Bonchev–Trinajstić information content (AvgIpc) is 2.36. The van der Waals surface area contributed by atoms with Gasteiger partial charge in [-0.25, -0.2) is 0 Å². The molecule has 2 rings (SSSR count). The van der Waals surface area contributed by atoms with Gasteiger partial charge in [0, 0.05) is 18.7 Å². The molecule has 0 fully saturated rings. The molecule has 0 bridgehead atoms. The van der Waals surface area contributed by atoms with E-state index in [-0.39, 0.29) is 12.5 Å². The Hall–Kier alpha value is -2.11. The van der Waals surface area contributed by atoms with E-state index in [9.17, 15) is 4.79 Å². The number of amides is 1. The fraction of sp³-hybridized carbons (Fsp3) is 0.417. The Balaban J connectivity index is 2.06. The largest absolute Gasteiger partial charge is 0.486 e. The van der Waals surface area contributed by atoms with Crippen LogP contribution in [0.15, 0.2) is 12.1 Å². The van der Waals surface area contributed by atoms with E-state index >= 15 is 0 Å². The van der Waals surface area contributed by atoms with E-state index < -0.39 is 0 Å². The van der Waals surface area contributed by atoms with E-state index in [2.05, 4.69) is 10.6 Å². The zero-order valence-corrected chi connectivity index (χ0v) is 10.3. The van der Waals surface area contributed by atoms with Crippen LogP contribution in [0.2, 0.25) is 0 Å². The van der Waals surface area contributed by atoms with Crippen LogP contribution >= 0.6 is 0 Å². The molecule has 18 heavy (non-hydrogen) atoms. The molecule has 0 radical (unpaired) electrons. The Kier molecular flexibility index (Phi) is 3.76. The van der Waals surface area contributed by atoms with Gasteiger partial charge in [0.05, 0.1) is 17.9 Å². The van der Waals surface area contributed by atoms with Crippen LogP contribution in [0, 0.1) is 0 Å². The molecule has 1 aromatic carbocycles. The number of ether oxygens (including phenoxy) is 2. The molecule has 0 spiro atoms. The molecule has 6 nitrogen and oxygen atoms in total. The van der Waals surface area contributed by atoms with Crippen LogP contribution in [0.4, 0.5) is 11.4 Å². The van der Waals surface area contributed by atoms with Gasteiger partial charge in [0.25, 0.3) is 0 Å². The van der Waals surface area contributed by atoms with Gasteiger partial charge in [0.1, 0.15) is 13.2 Å². The van der Waals surface area contributed by atoms with Crippen molar-refractivity contribution in [1.82, 2.24) is 5.32 Å². The molecule has 1 aliphatic heterocycles. The first-order valence-electron chi connectivity index (χ1n) is 5.90. The zero-order valence-electron chi connectivity index (χ0n) is 10.3. The standard InChI is InChI=1S/C12H17N3O3/c1-2-14-12(16)7-15-9-6-11-10(5-8(9)13)17-3-4-18-11/h5-6,15H,2-4,7,13H2,1H3,(H,14,16). The molecular formula is C12H17N3O3. The predicted molar refractivity (Wildman–Crippen MR) is 69.0 cm³/mol. The molecule has 0 saturated heterocycles.